The Morgan fingerprint density at radius 3 is 2.67 bits per heavy atom. The van der Waals surface area contributed by atoms with E-state index in [9.17, 15) is 4.79 Å². The van der Waals surface area contributed by atoms with Gasteiger partial charge in [0.05, 0.1) is 12.9 Å². The monoisotopic (exact) mass is 129 g/mol. The average molecular weight is 129 g/mol. The summed E-state index contributed by atoms with van der Waals surface area (Å²) in [5, 5.41) is 0. The van der Waals surface area contributed by atoms with Crippen LogP contribution in [0.5, 0.6) is 0 Å². The van der Waals surface area contributed by atoms with E-state index in [1.807, 2.05) is 6.92 Å². The highest BCUT2D eigenvalue weighted by Crippen LogP contribution is 1.89. The molecule has 9 heavy (non-hydrogen) atoms. The van der Waals surface area contributed by atoms with Gasteiger partial charge >= 0.3 is 0 Å². The Hall–Kier alpha value is -0.990. The molecule has 3 nitrogen and oxygen atoms in total. The third kappa shape index (κ3) is 3.58. The molecular weight excluding hydrogens is 118 g/mol. The molecule has 0 aromatic rings. The lowest BCUT2D eigenvalue weighted by Crippen LogP contribution is -2.11. The van der Waals surface area contributed by atoms with E-state index in [0.717, 1.165) is 0 Å². The molecule has 0 heterocycles. The van der Waals surface area contributed by atoms with Crippen molar-refractivity contribution in [3.05, 3.63) is 11.8 Å². The van der Waals surface area contributed by atoms with E-state index in [2.05, 4.69) is 0 Å². The Labute approximate surface area is 54.5 Å². The van der Waals surface area contributed by atoms with Crippen LogP contribution in [0.15, 0.2) is 11.8 Å². The smallest absolute Gasteiger partial charge is 0.247 e. The average Bonchev–Trinajstić information content (AvgIpc) is 1.82. The minimum Gasteiger partial charge on any atom is -0.501 e. The van der Waals surface area contributed by atoms with Gasteiger partial charge in [-0.2, -0.15) is 0 Å². The number of nitrogens with two attached hydrogens (primary N) is 1. The first-order valence-corrected chi connectivity index (χ1v) is 2.76. The van der Waals surface area contributed by atoms with Crippen molar-refractivity contribution < 1.29 is 9.53 Å². The van der Waals surface area contributed by atoms with Crippen LogP contribution < -0.4 is 5.73 Å². The zero-order valence-electron chi connectivity index (χ0n) is 5.68. The minimum atomic E-state index is -0.441. The highest BCUT2D eigenvalue weighted by atomic mass is 16.5. The van der Waals surface area contributed by atoms with Crippen molar-refractivity contribution in [2.24, 2.45) is 5.73 Å². The molecule has 3 heteroatoms. The van der Waals surface area contributed by atoms with E-state index >= 15 is 0 Å². The topological polar surface area (TPSA) is 52.3 Å². The maximum atomic E-state index is 10.3. The zero-order chi connectivity index (χ0) is 7.28. The number of carbonyl (C=O) groups is 1. The quantitative estimate of drug-likeness (QED) is 0.443. The van der Waals surface area contributed by atoms with Gasteiger partial charge in [-0.05, 0) is 13.8 Å². The molecule has 52 valence electrons. The molecular formula is C6H11NO2. The SMILES string of the molecule is CCOC=C(C)C(N)=O. The molecule has 0 bridgehead atoms. The van der Waals surface area contributed by atoms with Crippen LogP contribution in [0.4, 0.5) is 0 Å². The third-order valence-corrected chi connectivity index (χ3v) is 0.815. The molecule has 0 unspecified atom stereocenters. The Morgan fingerprint density at radius 1 is 1.78 bits per heavy atom. The maximum Gasteiger partial charge on any atom is 0.247 e. The molecule has 0 aliphatic carbocycles. The summed E-state index contributed by atoms with van der Waals surface area (Å²) in [6.45, 7) is 4.01. The van der Waals surface area contributed by atoms with Gasteiger partial charge in [0.25, 0.3) is 0 Å². The van der Waals surface area contributed by atoms with Gasteiger partial charge in [-0.3, -0.25) is 4.79 Å². The minimum absolute atomic E-state index is 0.441. The van der Waals surface area contributed by atoms with E-state index < -0.39 is 5.91 Å². The van der Waals surface area contributed by atoms with Crippen LogP contribution in [0.1, 0.15) is 13.8 Å². The van der Waals surface area contributed by atoms with Crippen molar-refractivity contribution in [2.75, 3.05) is 6.61 Å². The lowest BCUT2D eigenvalue weighted by atomic mass is 10.3. The third-order valence-electron chi connectivity index (χ3n) is 0.815. The number of hydrogen-bond donors (Lipinski definition) is 1. The molecule has 0 radical (unpaired) electrons. The van der Waals surface area contributed by atoms with E-state index in [1.54, 1.807) is 6.92 Å². The summed E-state index contributed by atoms with van der Waals surface area (Å²) >= 11 is 0. The van der Waals surface area contributed by atoms with Crippen LogP contribution >= 0.6 is 0 Å². The zero-order valence-corrected chi connectivity index (χ0v) is 5.68. The number of carbonyl (C=O) groups excluding carboxylic acids is 1. The molecule has 0 aromatic carbocycles. The Morgan fingerprint density at radius 2 is 2.33 bits per heavy atom. The molecule has 0 rings (SSSR count). The number of hydrogen-bond acceptors (Lipinski definition) is 2. The lowest BCUT2D eigenvalue weighted by Gasteiger charge is -1.94. The van der Waals surface area contributed by atoms with E-state index in [-0.39, 0.29) is 0 Å². The molecule has 0 aliphatic rings. The van der Waals surface area contributed by atoms with Gasteiger partial charge < -0.3 is 10.5 Å². The number of amides is 1. The second-order valence-corrected chi connectivity index (χ2v) is 1.62. The largest absolute Gasteiger partial charge is 0.501 e. The van der Waals surface area contributed by atoms with Crippen molar-refractivity contribution in [3.8, 4) is 0 Å². The van der Waals surface area contributed by atoms with Crippen LogP contribution in [-0.2, 0) is 9.53 Å². The summed E-state index contributed by atoms with van der Waals surface area (Å²) in [5.41, 5.74) is 5.33. The van der Waals surface area contributed by atoms with Gasteiger partial charge in [0.2, 0.25) is 5.91 Å². The first kappa shape index (κ1) is 8.01. The summed E-state index contributed by atoms with van der Waals surface area (Å²) in [6.07, 6.45) is 1.36. The van der Waals surface area contributed by atoms with Gasteiger partial charge in [0.1, 0.15) is 0 Å². The van der Waals surface area contributed by atoms with Gasteiger partial charge in [0, 0.05) is 5.57 Å². The van der Waals surface area contributed by atoms with Crippen LogP contribution in [0.2, 0.25) is 0 Å². The summed E-state index contributed by atoms with van der Waals surface area (Å²) < 4.78 is 4.79. The number of primary amides is 1. The van der Waals surface area contributed by atoms with Crippen LogP contribution in [0.25, 0.3) is 0 Å². The summed E-state index contributed by atoms with van der Waals surface area (Å²) in [7, 11) is 0. The molecule has 2 N–H and O–H groups in total. The Balaban J connectivity index is 3.69. The maximum absolute atomic E-state index is 10.3. The molecule has 0 atom stereocenters. The molecule has 0 spiro atoms. The lowest BCUT2D eigenvalue weighted by molar-refractivity contribution is -0.114. The number of ether oxygens (including phenoxy) is 1. The van der Waals surface area contributed by atoms with Crippen molar-refractivity contribution in [1.29, 1.82) is 0 Å². The van der Waals surface area contributed by atoms with Gasteiger partial charge in [-0.1, -0.05) is 0 Å². The first-order valence-electron chi connectivity index (χ1n) is 2.76. The van der Waals surface area contributed by atoms with Crippen LogP contribution in [-0.4, -0.2) is 12.5 Å². The first-order chi connectivity index (χ1) is 4.18. The summed E-state index contributed by atoms with van der Waals surface area (Å²) in [4.78, 5) is 10.3. The molecule has 0 saturated heterocycles. The molecule has 0 saturated carbocycles. The normalized spacial score (nSPS) is 11.1. The highest BCUT2D eigenvalue weighted by molar-refractivity contribution is 5.90. The second-order valence-electron chi connectivity index (χ2n) is 1.62. The fourth-order valence-electron chi connectivity index (χ4n) is 0.266. The van der Waals surface area contributed by atoms with Crippen molar-refractivity contribution in [2.45, 2.75) is 13.8 Å². The predicted molar refractivity (Wildman–Crippen MR) is 34.6 cm³/mol. The fourth-order valence-corrected chi connectivity index (χ4v) is 0.266. The van der Waals surface area contributed by atoms with Gasteiger partial charge in [0.15, 0.2) is 0 Å². The van der Waals surface area contributed by atoms with E-state index in [4.69, 9.17) is 10.5 Å². The molecule has 0 aromatic heterocycles. The van der Waals surface area contributed by atoms with E-state index in [0.29, 0.717) is 12.2 Å². The molecule has 0 fully saturated rings. The predicted octanol–water partition coefficient (Wildman–Crippen LogP) is 0.412. The van der Waals surface area contributed by atoms with Gasteiger partial charge in [-0.25, -0.2) is 0 Å². The van der Waals surface area contributed by atoms with E-state index in [1.165, 1.54) is 6.26 Å². The fraction of sp³-hybridized carbons (Fsp3) is 0.500. The summed E-state index contributed by atoms with van der Waals surface area (Å²) in [6, 6.07) is 0. The van der Waals surface area contributed by atoms with Crippen LogP contribution in [0.3, 0.4) is 0 Å². The van der Waals surface area contributed by atoms with Gasteiger partial charge in [-0.15, -0.1) is 0 Å². The van der Waals surface area contributed by atoms with Crippen LogP contribution in [0, 0.1) is 0 Å². The Kier molecular flexibility index (Phi) is 3.51. The molecule has 1 amide bonds. The second kappa shape index (κ2) is 3.95. The Bertz CT molecular complexity index is 129. The summed E-state index contributed by atoms with van der Waals surface area (Å²) in [5.74, 6) is -0.441. The highest BCUT2D eigenvalue weighted by Gasteiger charge is 1.94. The van der Waals surface area contributed by atoms with Crippen molar-refractivity contribution >= 4 is 5.91 Å². The standard InChI is InChI=1S/C6H11NO2/c1-3-9-4-5(2)6(7)8/h4H,3H2,1-2H3,(H2,7,8). The number of rotatable bonds is 3. The molecule has 0 aliphatic heterocycles. The van der Waals surface area contributed by atoms with Crippen molar-refractivity contribution in [1.82, 2.24) is 0 Å². The van der Waals surface area contributed by atoms with Crippen molar-refractivity contribution in [3.63, 3.8) is 0 Å².